The topological polar surface area (TPSA) is 93.4 Å². The van der Waals surface area contributed by atoms with Gasteiger partial charge in [0.15, 0.2) is 9.84 Å². The van der Waals surface area contributed by atoms with Crippen molar-refractivity contribution in [3.63, 3.8) is 0 Å². The van der Waals surface area contributed by atoms with E-state index in [2.05, 4.69) is 16.8 Å². The van der Waals surface area contributed by atoms with Gasteiger partial charge in [0, 0.05) is 24.8 Å². The van der Waals surface area contributed by atoms with Crippen molar-refractivity contribution < 1.29 is 13.2 Å². The highest BCUT2D eigenvalue weighted by molar-refractivity contribution is 7.91. The van der Waals surface area contributed by atoms with Crippen molar-refractivity contribution in [2.75, 3.05) is 31.1 Å². The zero-order valence-electron chi connectivity index (χ0n) is 11.6. The maximum Gasteiger partial charge on any atom is 0.272 e. The van der Waals surface area contributed by atoms with Gasteiger partial charge in [0.1, 0.15) is 5.69 Å². The third-order valence-electron chi connectivity index (χ3n) is 3.16. The van der Waals surface area contributed by atoms with Crippen molar-refractivity contribution >= 4 is 15.7 Å². The van der Waals surface area contributed by atoms with Crippen molar-refractivity contribution in [1.29, 1.82) is 0 Å². The molecule has 0 radical (unpaired) electrons. The van der Waals surface area contributed by atoms with Crippen molar-refractivity contribution in [3.05, 3.63) is 29.6 Å². The van der Waals surface area contributed by atoms with Gasteiger partial charge in [-0.2, -0.15) is 0 Å². The Kier molecular flexibility index (Phi) is 4.94. The van der Waals surface area contributed by atoms with E-state index in [1.807, 2.05) is 0 Å². The Morgan fingerprint density at radius 2 is 2.14 bits per heavy atom. The molecule has 0 saturated carbocycles. The number of nitrogens with two attached hydrogens (primary N) is 1. The third kappa shape index (κ3) is 4.28. The SMILES string of the molecule is NCC#Cc1ccc(C(=O)N2CCCS(=O)(=O)CC2)nc1. The number of carbonyl (C=O) groups is 1. The molecule has 6 nitrogen and oxygen atoms in total. The number of hydrogen-bond acceptors (Lipinski definition) is 5. The zero-order chi connectivity index (χ0) is 15.3. The fraction of sp³-hybridized carbons (Fsp3) is 0.429. The molecule has 7 heteroatoms. The number of amides is 1. The summed E-state index contributed by atoms with van der Waals surface area (Å²) in [5, 5.41) is 0. The minimum Gasteiger partial charge on any atom is -0.336 e. The summed E-state index contributed by atoms with van der Waals surface area (Å²) in [4.78, 5) is 17.9. The Bertz CT molecular complexity index is 672. The van der Waals surface area contributed by atoms with Gasteiger partial charge in [0.2, 0.25) is 0 Å². The van der Waals surface area contributed by atoms with Crippen LogP contribution in [0.3, 0.4) is 0 Å². The molecule has 0 aromatic carbocycles. The highest BCUT2D eigenvalue weighted by atomic mass is 32.2. The minimum atomic E-state index is -3.03. The Labute approximate surface area is 124 Å². The molecular weight excluding hydrogens is 290 g/mol. The summed E-state index contributed by atoms with van der Waals surface area (Å²) >= 11 is 0. The first kappa shape index (κ1) is 15.5. The van der Waals surface area contributed by atoms with Crippen molar-refractivity contribution in [2.45, 2.75) is 6.42 Å². The maximum absolute atomic E-state index is 12.3. The van der Waals surface area contributed by atoms with Gasteiger partial charge in [-0.05, 0) is 18.6 Å². The molecule has 0 atom stereocenters. The minimum absolute atomic E-state index is 0.0127. The zero-order valence-corrected chi connectivity index (χ0v) is 12.4. The van der Waals surface area contributed by atoms with Crippen molar-refractivity contribution in [3.8, 4) is 11.8 Å². The summed E-state index contributed by atoms with van der Waals surface area (Å²) in [6, 6.07) is 3.31. The Morgan fingerprint density at radius 3 is 2.81 bits per heavy atom. The summed E-state index contributed by atoms with van der Waals surface area (Å²) in [5.41, 5.74) is 6.27. The van der Waals surface area contributed by atoms with Crippen LogP contribution in [0.4, 0.5) is 0 Å². The van der Waals surface area contributed by atoms with Crippen LogP contribution in [0.5, 0.6) is 0 Å². The molecule has 1 aliphatic rings. The molecule has 0 bridgehead atoms. The first-order valence-electron chi connectivity index (χ1n) is 6.66. The predicted molar refractivity (Wildman–Crippen MR) is 79.3 cm³/mol. The summed E-state index contributed by atoms with van der Waals surface area (Å²) in [6.07, 6.45) is 1.98. The molecule has 0 unspecified atom stereocenters. The average molecular weight is 307 g/mol. The maximum atomic E-state index is 12.3. The molecule has 0 aliphatic carbocycles. The molecule has 2 N–H and O–H groups in total. The summed E-state index contributed by atoms with van der Waals surface area (Å²) in [5.74, 6) is 5.44. The van der Waals surface area contributed by atoms with Crippen molar-refractivity contribution in [2.24, 2.45) is 5.73 Å². The van der Waals surface area contributed by atoms with E-state index in [0.29, 0.717) is 24.2 Å². The van der Waals surface area contributed by atoms with Crippen LogP contribution in [0.1, 0.15) is 22.5 Å². The van der Waals surface area contributed by atoms with E-state index in [-0.39, 0.29) is 30.5 Å². The highest BCUT2D eigenvalue weighted by Gasteiger charge is 2.23. The van der Waals surface area contributed by atoms with Crippen LogP contribution in [0.2, 0.25) is 0 Å². The molecule has 2 rings (SSSR count). The first-order chi connectivity index (χ1) is 10.0. The number of carbonyl (C=O) groups excluding carboxylic acids is 1. The van der Waals surface area contributed by atoms with Gasteiger partial charge in [-0.1, -0.05) is 11.8 Å². The number of aromatic nitrogens is 1. The molecular formula is C14H17N3O3S. The van der Waals surface area contributed by atoms with E-state index in [4.69, 9.17) is 5.73 Å². The number of sulfone groups is 1. The summed E-state index contributed by atoms with van der Waals surface area (Å²) in [6.45, 7) is 0.926. The normalized spacial score (nSPS) is 17.5. The van der Waals surface area contributed by atoms with E-state index in [1.165, 1.54) is 11.1 Å². The number of nitrogens with zero attached hydrogens (tertiary/aromatic N) is 2. The van der Waals surface area contributed by atoms with E-state index >= 15 is 0 Å². The van der Waals surface area contributed by atoms with Gasteiger partial charge >= 0.3 is 0 Å². The van der Waals surface area contributed by atoms with E-state index in [9.17, 15) is 13.2 Å². The summed E-state index contributed by atoms with van der Waals surface area (Å²) < 4.78 is 23.1. The van der Waals surface area contributed by atoms with Crippen LogP contribution in [-0.4, -0.2) is 55.3 Å². The van der Waals surface area contributed by atoms with E-state index in [0.717, 1.165) is 0 Å². The molecule has 1 amide bonds. The second-order valence-electron chi connectivity index (χ2n) is 4.74. The van der Waals surface area contributed by atoms with Crippen LogP contribution in [-0.2, 0) is 9.84 Å². The van der Waals surface area contributed by atoms with Gasteiger partial charge in [-0.3, -0.25) is 4.79 Å². The third-order valence-corrected chi connectivity index (χ3v) is 4.88. The lowest BCUT2D eigenvalue weighted by Gasteiger charge is -2.19. The fourth-order valence-corrected chi connectivity index (χ4v) is 3.32. The predicted octanol–water partition coefficient (Wildman–Crippen LogP) is -0.347. The molecule has 1 fully saturated rings. The van der Waals surface area contributed by atoms with Crippen LogP contribution in [0, 0.1) is 11.8 Å². The molecule has 1 saturated heterocycles. The van der Waals surface area contributed by atoms with E-state index in [1.54, 1.807) is 12.1 Å². The fourth-order valence-electron chi connectivity index (χ4n) is 2.05. The average Bonchev–Trinajstić information content (AvgIpc) is 2.66. The molecule has 21 heavy (non-hydrogen) atoms. The molecule has 112 valence electrons. The molecule has 0 spiro atoms. The molecule has 2 heterocycles. The first-order valence-corrected chi connectivity index (χ1v) is 8.49. The Balaban J connectivity index is 2.09. The molecule has 1 aliphatic heterocycles. The largest absolute Gasteiger partial charge is 0.336 e. The lowest BCUT2D eigenvalue weighted by Crippen LogP contribution is -2.34. The van der Waals surface area contributed by atoms with Crippen molar-refractivity contribution in [1.82, 2.24) is 9.88 Å². The smallest absolute Gasteiger partial charge is 0.272 e. The quantitative estimate of drug-likeness (QED) is 0.716. The van der Waals surface area contributed by atoms with Crippen LogP contribution < -0.4 is 5.73 Å². The van der Waals surface area contributed by atoms with Crippen LogP contribution in [0.25, 0.3) is 0 Å². The Hall–Kier alpha value is -1.91. The number of rotatable bonds is 1. The second-order valence-corrected chi connectivity index (χ2v) is 7.04. The standard InChI is InChI=1S/C14H17N3O3S/c15-6-1-3-12-4-5-13(16-11-12)14(18)17-7-2-9-21(19,20)10-8-17/h4-5,11H,2,6-10,15H2. The molecule has 1 aromatic heterocycles. The summed E-state index contributed by atoms with van der Waals surface area (Å²) in [7, 11) is -3.03. The van der Waals surface area contributed by atoms with Gasteiger partial charge in [-0.15, -0.1) is 0 Å². The van der Waals surface area contributed by atoms with Gasteiger partial charge in [0.05, 0.1) is 18.1 Å². The second kappa shape index (κ2) is 6.70. The Morgan fingerprint density at radius 1 is 1.33 bits per heavy atom. The lowest BCUT2D eigenvalue weighted by molar-refractivity contribution is 0.0762. The van der Waals surface area contributed by atoms with Gasteiger partial charge in [0.25, 0.3) is 5.91 Å². The monoisotopic (exact) mass is 307 g/mol. The highest BCUT2D eigenvalue weighted by Crippen LogP contribution is 2.09. The van der Waals surface area contributed by atoms with Crippen LogP contribution in [0.15, 0.2) is 18.3 Å². The number of pyridine rings is 1. The van der Waals surface area contributed by atoms with Gasteiger partial charge in [-0.25, -0.2) is 13.4 Å². The van der Waals surface area contributed by atoms with Crippen LogP contribution >= 0.6 is 0 Å². The van der Waals surface area contributed by atoms with Gasteiger partial charge < -0.3 is 10.6 Å². The van der Waals surface area contributed by atoms with E-state index < -0.39 is 9.84 Å². The molecule has 1 aromatic rings. The lowest BCUT2D eigenvalue weighted by atomic mass is 10.2. The number of hydrogen-bond donors (Lipinski definition) is 1.